The number of halogens is 1. The summed E-state index contributed by atoms with van der Waals surface area (Å²) in [5, 5.41) is 2.65. The molecule has 0 saturated carbocycles. The number of hydrogen-bond donors (Lipinski definition) is 1. The Morgan fingerprint density at radius 2 is 1.53 bits per heavy atom. The monoisotopic (exact) mass is 458 g/mol. The molecular weight excluding hydrogens is 435 g/mol. The maximum Gasteiger partial charge on any atom is 0.246 e. The lowest BCUT2D eigenvalue weighted by molar-refractivity contribution is -0.116. The summed E-state index contributed by atoms with van der Waals surface area (Å²) in [6.45, 7) is -0.628. The number of ether oxygens (including phenoxy) is 2. The van der Waals surface area contributed by atoms with Gasteiger partial charge in [0, 0.05) is 30.4 Å². The van der Waals surface area contributed by atoms with Gasteiger partial charge in [0.15, 0.2) is 0 Å². The third kappa shape index (κ3) is 5.63. The average molecular weight is 459 g/mol. The first-order valence-electron chi connectivity index (χ1n) is 9.65. The smallest absolute Gasteiger partial charge is 0.246 e. The molecule has 0 atom stereocenters. The third-order valence-corrected chi connectivity index (χ3v) is 6.44. The highest BCUT2D eigenvalue weighted by molar-refractivity contribution is 7.89. The number of benzene rings is 3. The number of sulfonamides is 1. The van der Waals surface area contributed by atoms with Crippen LogP contribution in [0.2, 0.25) is 0 Å². The van der Waals surface area contributed by atoms with Crippen LogP contribution < -0.4 is 14.8 Å². The van der Waals surface area contributed by atoms with Crippen LogP contribution in [-0.4, -0.2) is 39.4 Å². The fourth-order valence-electron chi connectivity index (χ4n) is 3.05. The van der Waals surface area contributed by atoms with Crippen molar-refractivity contribution in [3.63, 3.8) is 0 Å². The Labute approximate surface area is 186 Å². The largest absolute Gasteiger partial charge is 0.497 e. The number of amides is 1. The van der Waals surface area contributed by atoms with E-state index >= 15 is 0 Å². The highest BCUT2D eigenvalue weighted by Gasteiger charge is 2.29. The van der Waals surface area contributed by atoms with Crippen molar-refractivity contribution in [1.82, 2.24) is 4.31 Å². The molecule has 0 spiro atoms. The average Bonchev–Trinajstić information content (AvgIpc) is 2.79. The van der Waals surface area contributed by atoms with Gasteiger partial charge in [0.1, 0.15) is 22.2 Å². The fraction of sp³-hybridized carbons (Fsp3) is 0.174. The molecule has 3 aromatic rings. The number of rotatable bonds is 9. The van der Waals surface area contributed by atoms with Crippen molar-refractivity contribution in [3.05, 3.63) is 84.2 Å². The van der Waals surface area contributed by atoms with Crippen molar-refractivity contribution in [2.45, 2.75) is 11.4 Å². The van der Waals surface area contributed by atoms with Gasteiger partial charge in [-0.2, -0.15) is 4.31 Å². The molecule has 0 saturated heterocycles. The molecule has 1 N–H and O–H groups in total. The second-order valence-corrected chi connectivity index (χ2v) is 8.74. The molecule has 9 heteroatoms. The molecule has 168 valence electrons. The number of anilines is 1. The molecule has 0 heterocycles. The molecule has 0 fully saturated rings. The molecule has 0 aliphatic rings. The van der Waals surface area contributed by atoms with Gasteiger partial charge in [-0.25, -0.2) is 12.8 Å². The van der Waals surface area contributed by atoms with Gasteiger partial charge in [-0.3, -0.25) is 4.79 Å². The molecule has 0 aliphatic heterocycles. The first-order valence-corrected chi connectivity index (χ1v) is 11.1. The second-order valence-electron chi connectivity index (χ2n) is 6.84. The van der Waals surface area contributed by atoms with Gasteiger partial charge in [-0.05, 0) is 17.7 Å². The summed E-state index contributed by atoms with van der Waals surface area (Å²) in [6.07, 6.45) is 0. The Hall–Kier alpha value is -3.43. The van der Waals surface area contributed by atoms with Crippen molar-refractivity contribution >= 4 is 21.6 Å². The number of carbonyl (C=O) groups is 1. The van der Waals surface area contributed by atoms with Gasteiger partial charge in [0.2, 0.25) is 15.9 Å². The molecule has 32 heavy (non-hydrogen) atoms. The molecule has 7 nitrogen and oxygen atoms in total. The van der Waals surface area contributed by atoms with Crippen LogP contribution >= 0.6 is 0 Å². The zero-order chi connectivity index (χ0) is 23.1. The van der Waals surface area contributed by atoms with Crippen LogP contribution in [0.3, 0.4) is 0 Å². The molecular formula is C23H23FN2O5S. The van der Waals surface area contributed by atoms with Crippen molar-refractivity contribution in [1.29, 1.82) is 0 Å². The van der Waals surface area contributed by atoms with Crippen LogP contribution in [0.25, 0.3) is 0 Å². The van der Waals surface area contributed by atoms with Crippen LogP contribution in [-0.2, 0) is 21.4 Å². The molecule has 0 unspecified atom stereocenters. The zero-order valence-electron chi connectivity index (χ0n) is 17.6. The number of methoxy groups -OCH3 is 2. The minimum Gasteiger partial charge on any atom is -0.497 e. The van der Waals surface area contributed by atoms with Crippen molar-refractivity contribution < 1.29 is 27.1 Å². The van der Waals surface area contributed by atoms with Crippen molar-refractivity contribution in [3.8, 4) is 11.5 Å². The van der Waals surface area contributed by atoms with E-state index in [1.54, 1.807) is 48.5 Å². The predicted molar refractivity (Wildman–Crippen MR) is 119 cm³/mol. The van der Waals surface area contributed by atoms with E-state index in [9.17, 15) is 17.6 Å². The number of nitrogens with zero attached hydrogens (tertiary/aromatic N) is 1. The fourth-order valence-corrected chi connectivity index (χ4v) is 4.50. The zero-order valence-corrected chi connectivity index (χ0v) is 18.4. The summed E-state index contributed by atoms with van der Waals surface area (Å²) in [5.74, 6) is -0.570. The van der Waals surface area contributed by atoms with Gasteiger partial charge < -0.3 is 14.8 Å². The maximum absolute atomic E-state index is 14.3. The van der Waals surface area contributed by atoms with Gasteiger partial charge >= 0.3 is 0 Å². The number of nitrogens with one attached hydrogen (secondary N) is 1. The Kier molecular flexibility index (Phi) is 7.45. The molecule has 0 aromatic heterocycles. The second kappa shape index (κ2) is 10.3. The first kappa shape index (κ1) is 23.2. The van der Waals surface area contributed by atoms with E-state index in [2.05, 4.69) is 5.32 Å². The Balaban J connectivity index is 1.89. The van der Waals surface area contributed by atoms with E-state index in [0.29, 0.717) is 22.7 Å². The standard InChI is InChI=1S/C23H23FN2O5S/c1-30-19-12-18(13-20(14-19)31-2)25-23(27)16-26(15-17-8-4-3-5-9-17)32(28,29)22-11-7-6-10-21(22)24/h3-14H,15-16H2,1-2H3,(H,25,27). The van der Waals surface area contributed by atoms with Crippen LogP contribution in [0, 0.1) is 5.82 Å². The van der Waals surface area contributed by atoms with E-state index in [1.165, 1.54) is 32.4 Å². The minimum atomic E-state index is -4.29. The summed E-state index contributed by atoms with van der Waals surface area (Å²) < 4.78 is 52.0. The van der Waals surface area contributed by atoms with Gasteiger partial charge in [-0.1, -0.05) is 42.5 Å². The Bertz CT molecular complexity index is 1160. The third-order valence-electron chi connectivity index (χ3n) is 4.61. The highest BCUT2D eigenvalue weighted by atomic mass is 32.2. The lowest BCUT2D eigenvalue weighted by Gasteiger charge is -2.22. The lowest BCUT2D eigenvalue weighted by Crippen LogP contribution is -2.38. The summed E-state index contributed by atoms with van der Waals surface area (Å²) in [5.41, 5.74) is 1.03. The van der Waals surface area contributed by atoms with Crippen LogP contribution in [0.4, 0.5) is 10.1 Å². The molecule has 1 amide bonds. The van der Waals surface area contributed by atoms with E-state index in [0.717, 1.165) is 10.4 Å². The molecule has 0 aliphatic carbocycles. The quantitative estimate of drug-likeness (QED) is 0.529. The van der Waals surface area contributed by atoms with Gasteiger partial charge in [-0.15, -0.1) is 0 Å². The molecule has 0 bridgehead atoms. The molecule has 3 rings (SSSR count). The SMILES string of the molecule is COc1cc(NC(=O)CN(Cc2ccccc2)S(=O)(=O)c2ccccc2F)cc(OC)c1. The van der Waals surface area contributed by atoms with E-state index in [1.807, 2.05) is 0 Å². The van der Waals surface area contributed by atoms with Crippen LogP contribution in [0.15, 0.2) is 77.7 Å². The molecule has 0 radical (unpaired) electrons. The lowest BCUT2D eigenvalue weighted by atomic mass is 10.2. The van der Waals surface area contributed by atoms with Crippen molar-refractivity contribution in [2.24, 2.45) is 0 Å². The summed E-state index contributed by atoms with van der Waals surface area (Å²) in [6, 6.07) is 18.6. The Morgan fingerprint density at radius 3 is 2.12 bits per heavy atom. The van der Waals surface area contributed by atoms with Crippen molar-refractivity contribution in [2.75, 3.05) is 26.1 Å². The summed E-state index contributed by atoms with van der Waals surface area (Å²) in [4.78, 5) is 12.3. The van der Waals surface area contributed by atoms with Crippen LogP contribution in [0.5, 0.6) is 11.5 Å². The highest BCUT2D eigenvalue weighted by Crippen LogP contribution is 2.26. The van der Waals surface area contributed by atoms with E-state index < -0.39 is 33.2 Å². The minimum absolute atomic E-state index is 0.105. The summed E-state index contributed by atoms with van der Waals surface area (Å²) in [7, 11) is -1.34. The normalized spacial score (nSPS) is 11.2. The Morgan fingerprint density at radius 1 is 0.938 bits per heavy atom. The van der Waals surface area contributed by atoms with Crippen LogP contribution in [0.1, 0.15) is 5.56 Å². The van der Waals surface area contributed by atoms with E-state index in [-0.39, 0.29) is 6.54 Å². The van der Waals surface area contributed by atoms with Gasteiger partial charge in [0.25, 0.3) is 0 Å². The number of hydrogen-bond acceptors (Lipinski definition) is 5. The van der Waals surface area contributed by atoms with Gasteiger partial charge in [0.05, 0.1) is 20.8 Å². The first-order chi connectivity index (χ1) is 15.3. The summed E-state index contributed by atoms with van der Waals surface area (Å²) >= 11 is 0. The maximum atomic E-state index is 14.3. The molecule has 3 aromatic carbocycles. The van der Waals surface area contributed by atoms with E-state index in [4.69, 9.17) is 9.47 Å². The number of carbonyl (C=O) groups excluding carboxylic acids is 1. The topological polar surface area (TPSA) is 84.9 Å². The predicted octanol–water partition coefficient (Wildman–Crippen LogP) is 3.67.